The van der Waals surface area contributed by atoms with Gasteiger partial charge in [0.1, 0.15) is 5.56 Å². The highest BCUT2D eigenvalue weighted by atomic mass is 16.5. The van der Waals surface area contributed by atoms with Crippen molar-refractivity contribution in [1.82, 2.24) is 5.48 Å². The van der Waals surface area contributed by atoms with E-state index in [2.05, 4.69) is 0 Å². The van der Waals surface area contributed by atoms with E-state index in [-0.39, 0.29) is 11.1 Å². The fourth-order valence-corrected chi connectivity index (χ4v) is 1.83. The van der Waals surface area contributed by atoms with Crippen molar-refractivity contribution < 1.29 is 19.2 Å². The number of nitrogens with one attached hydrogen (secondary N) is 1. The zero-order valence-corrected chi connectivity index (χ0v) is 9.81. The summed E-state index contributed by atoms with van der Waals surface area (Å²) in [5.41, 5.74) is 1.08. The molecule has 94 valence electrons. The van der Waals surface area contributed by atoms with Crippen LogP contribution < -0.4 is 15.8 Å². The van der Waals surface area contributed by atoms with E-state index in [1.165, 1.54) is 12.6 Å². The number of rotatable bonds is 2. The molecule has 1 aromatic heterocycles. The normalized spacial score (nSPS) is 10.4. The highest BCUT2D eigenvalue weighted by molar-refractivity contribution is 5.99. The molecular formula is C12H11NO5. The van der Waals surface area contributed by atoms with E-state index in [1.807, 2.05) is 0 Å². The van der Waals surface area contributed by atoms with Crippen LogP contribution in [0.5, 0.6) is 5.75 Å². The van der Waals surface area contributed by atoms with Crippen molar-refractivity contribution in [3.63, 3.8) is 0 Å². The molecule has 0 atom stereocenters. The summed E-state index contributed by atoms with van der Waals surface area (Å²) in [6, 6.07) is 5.07. The Morgan fingerprint density at radius 3 is 2.78 bits per heavy atom. The molecule has 2 N–H and O–H groups in total. The third kappa shape index (κ3) is 1.72. The van der Waals surface area contributed by atoms with Crippen molar-refractivity contribution in [1.29, 1.82) is 0 Å². The van der Waals surface area contributed by atoms with Crippen LogP contribution in [0.4, 0.5) is 0 Å². The Hall–Kier alpha value is -2.34. The Morgan fingerprint density at radius 2 is 2.17 bits per heavy atom. The predicted molar refractivity (Wildman–Crippen MR) is 63.0 cm³/mol. The van der Waals surface area contributed by atoms with Gasteiger partial charge in [0, 0.05) is 5.39 Å². The number of ether oxygens (including phenoxy) is 1. The lowest BCUT2D eigenvalue weighted by Gasteiger charge is -2.08. The lowest BCUT2D eigenvalue weighted by Crippen LogP contribution is -2.26. The van der Waals surface area contributed by atoms with Gasteiger partial charge in [-0.3, -0.25) is 10.0 Å². The Balaban J connectivity index is 2.88. The molecule has 0 saturated carbocycles. The van der Waals surface area contributed by atoms with Gasteiger partial charge in [-0.2, -0.15) is 0 Å². The second-order valence-corrected chi connectivity index (χ2v) is 3.67. The van der Waals surface area contributed by atoms with E-state index < -0.39 is 11.5 Å². The molecule has 0 aliphatic heterocycles. The fraction of sp³-hybridized carbons (Fsp3) is 0.167. The number of hydrogen-bond acceptors (Lipinski definition) is 5. The lowest BCUT2D eigenvalue weighted by molar-refractivity contribution is 0.0701. The van der Waals surface area contributed by atoms with E-state index >= 15 is 0 Å². The van der Waals surface area contributed by atoms with E-state index in [0.29, 0.717) is 16.7 Å². The molecule has 1 aromatic carbocycles. The lowest BCUT2D eigenvalue weighted by atomic mass is 10.1. The Kier molecular flexibility index (Phi) is 3.03. The molecule has 0 radical (unpaired) electrons. The van der Waals surface area contributed by atoms with Gasteiger partial charge in [0.15, 0.2) is 11.3 Å². The van der Waals surface area contributed by atoms with Crippen molar-refractivity contribution >= 4 is 16.9 Å². The maximum atomic E-state index is 11.7. The van der Waals surface area contributed by atoms with Crippen LogP contribution in [0.2, 0.25) is 0 Å². The average Bonchev–Trinajstić information content (AvgIpc) is 2.37. The highest BCUT2D eigenvalue weighted by Gasteiger charge is 2.19. The van der Waals surface area contributed by atoms with Gasteiger partial charge in [0.05, 0.1) is 7.11 Å². The molecule has 2 rings (SSSR count). The first-order valence-electron chi connectivity index (χ1n) is 5.15. The van der Waals surface area contributed by atoms with Gasteiger partial charge >= 0.3 is 5.63 Å². The van der Waals surface area contributed by atoms with Crippen LogP contribution in [-0.2, 0) is 0 Å². The molecule has 0 spiro atoms. The predicted octanol–water partition coefficient (Wildman–Crippen LogP) is 1.23. The number of carbonyl (C=O) groups is 1. The molecule has 0 aliphatic carbocycles. The summed E-state index contributed by atoms with van der Waals surface area (Å²) in [4.78, 5) is 23.1. The van der Waals surface area contributed by atoms with Crippen molar-refractivity contribution in [3.8, 4) is 5.75 Å². The van der Waals surface area contributed by atoms with E-state index in [1.54, 1.807) is 25.1 Å². The SMILES string of the molecule is COc1cccc2c(C)c(C(=O)NO)c(=O)oc12. The van der Waals surface area contributed by atoms with Crippen molar-refractivity contribution in [2.24, 2.45) is 0 Å². The van der Waals surface area contributed by atoms with E-state index in [4.69, 9.17) is 14.4 Å². The summed E-state index contributed by atoms with van der Waals surface area (Å²) in [7, 11) is 1.46. The van der Waals surface area contributed by atoms with Gasteiger partial charge in [0.25, 0.3) is 5.91 Å². The second kappa shape index (κ2) is 4.50. The van der Waals surface area contributed by atoms with Crippen molar-refractivity contribution in [2.75, 3.05) is 7.11 Å². The zero-order chi connectivity index (χ0) is 13.3. The Morgan fingerprint density at radius 1 is 1.44 bits per heavy atom. The number of methoxy groups -OCH3 is 1. The van der Waals surface area contributed by atoms with Crippen molar-refractivity contribution in [3.05, 3.63) is 39.7 Å². The summed E-state index contributed by atoms with van der Waals surface area (Å²) < 4.78 is 10.1. The van der Waals surface area contributed by atoms with Crippen LogP contribution in [-0.4, -0.2) is 18.2 Å². The van der Waals surface area contributed by atoms with Crippen LogP contribution in [0.15, 0.2) is 27.4 Å². The number of hydrogen-bond donors (Lipinski definition) is 2. The molecule has 0 aliphatic rings. The number of amides is 1. The summed E-state index contributed by atoms with van der Waals surface area (Å²) in [6.07, 6.45) is 0. The minimum absolute atomic E-state index is 0.224. The number of carbonyl (C=O) groups excluding carboxylic acids is 1. The van der Waals surface area contributed by atoms with Crippen LogP contribution in [0.25, 0.3) is 11.0 Å². The first kappa shape index (κ1) is 12.1. The summed E-state index contributed by atoms with van der Waals surface area (Å²) in [5.74, 6) is -0.491. The van der Waals surface area contributed by atoms with Gasteiger partial charge in [-0.05, 0) is 18.6 Å². The number of benzene rings is 1. The molecule has 1 amide bonds. The standard InChI is InChI=1S/C12H11NO5/c1-6-7-4-3-5-8(17-2)10(7)18-12(15)9(6)11(14)13-16/h3-5,16H,1-2H3,(H,13,14). The Labute approximate surface area is 102 Å². The first-order valence-corrected chi connectivity index (χ1v) is 5.15. The summed E-state index contributed by atoms with van der Waals surface area (Å²) >= 11 is 0. The number of para-hydroxylation sites is 1. The van der Waals surface area contributed by atoms with Gasteiger partial charge < -0.3 is 9.15 Å². The van der Waals surface area contributed by atoms with Crippen LogP contribution in [0.3, 0.4) is 0 Å². The summed E-state index contributed by atoms with van der Waals surface area (Å²) in [6.45, 7) is 1.60. The van der Waals surface area contributed by atoms with Gasteiger partial charge in [0.2, 0.25) is 0 Å². The largest absolute Gasteiger partial charge is 0.493 e. The first-order chi connectivity index (χ1) is 8.60. The van der Waals surface area contributed by atoms with E-state index in [9.17, 15) is 9.59 Å². The monoisotopic (exact) mass is 249 g/mol. The highest BCUT2D eigenvalue weighted by Crippen LogP contribution is 2.27. The molecule has 18 heavy (non-hydrogen) atoms. The molecule has 2 aromatic rings. The van der Waals surface area contributed by atoms with Gasteiger partial charge in [-0.1, -0.05) is 12.1 Å². The molecule has 6 heteroatoms. The van der Waals surface area contributed by atoms with Gasteiger partial charge in [-0.15, -0.1) is 0 Å². The quantitative estimate of drug-likeness (QED) is 0.474. The third-order valence-electron chi connectivity index (χ3n) is 2.71. The molecule has 0 fully saturated rings. The topological polar surface area (TPSA) is 88.8 Å². The fourth-order valence-electron chi connectivity index (χ4n) is 1.83. The second-order valence-electron chi connectivity index (χ2n) is 3.67. The third-order valence-corrected chi connectivity index (χ3v) is 2.71. The van der Waals surface area contributed by atoms with Gasteiger partial charge in [-0.25, -0.2) is 10.3 Å². The minimum Gasteiger partial charge on any atom is -0.493 e. The molecule has 1 heterocycles. The summed E-state index contributed by atoms with van der Waals surface area (Å²) in [5, 5.41) is 9.18. The molecular weight excluding hydrogens is 238 g/mol. The molecule has 0 unspecified atom stereocenters. The molecule has 0 bridgehead atoms. The van der Waals surface area contributed by atoms with Crippen LogP contribution in [0.1, 0.15) is 15.9 Å². The maximum Gasteiger partial charge on any atom is 0.349 e. The van der Waals surface area contributed by atoms with Crippen molar-refractivity contribution in [2.45, 2.75) is 6.92 Å². The zero-order valence-electron chi connectivity index (χ0n) is 9.81. The number of fused-ring (bicyclic) bond motifs is 1. The van der Waals surface area contributed by atoms with E-state index in [0.717, 1.165) is 0 Å². The minimum atomic E-state index is -0.897. The average molecular weight is 249 g/mol. The molecule has 0 saturated heterocycles. The smallest absolute Gasteiger partial charge is 0.349 e. The Bertz CT molecular complexity index is 674. The van der Waals surface area contributed by atoms with Crippen LogP contribution in [0, 0.1) is 6.92 Å². The number of aryl methyl sites for hydroxylation is 1. The maximum absolute atomic E-state index is 11.7. The number of hydroxylamine groups is 1. The van der Waals surface area contributed by atoms with Crippen LogP contribution >= 0.6 is 0 Å². The molecule has 6 nitrogen and oxygen atoms in total.